The van der Waals surface area contributed by atoms with Crippen molar-refractivity contribution in [3.8, 4) is 27.9 Å². The number of rotatable bonds is 6. The van der Waals surface area contributed by atoms with Crippen molar-refractivity contribution in [2.75, 3.05) is 4.90 Å². The van der Waals surface area contributed by atoms with Gasteiger partial charge in [0.2, 0.25) is 0 Å². The van der Waals surface area contributed by atoms with E-state index < -0.39 is 0 Å². The summed E-state index contributed by atoms with van der Waals surface area (Å²) in [7, 11) is 0. The molecule has 11 rings (SSSR count). The van der Waals surface area contributed by atoms with Gasteiger partial charge in [-0.2, -0.15) is 0 Å². The van der Waals surface area contributed by atoms with Gasteiger partial charge in [-0.15, -0.1) is 11.3 Å². The molecule has 0 radical (unpaired) electrons. The van der Waals surface area contributed by atoms with Crippen LogP contribution < -0.4 is 4.90 Å². The molecule has 2 aromatic heterocycles. The summed E-state index contributed by atoms with van der Waals surface area (Å²) < 4.78 is 5.10. The first-order chi connectivity index (χ1) is 27.3. The first kappa shape index (κ1) is 31.6. The van der Waals surface area contributed by atoms with E-state index in [4.69, 9.17) is 0 Å². The molecule has 0 saturated heterocycles. The summed E-state index contributed by atoms with van der Waals surface area (Å²) in [4.78, 5) is 2.34. The Balaban J connectivity index is 1.11. The number of hydrogen-bond donors (Lipinski definition) is 0. The zero-order valence-corrected chi connectivity index (χ0v) is 30.7. The van der Waals surface area contributed by atoms with Crippen LogP contribution in [0.4, 0.5) is 17.1 Å². The van der Waals surface area contributed by atoms with Crippen molar-refractivity contribution in [2.45, 2.75) is 0 Å². The van der Waals surface area contributed by atoms with Crippen LogP contribution >= 0.6 is 11.3 Å². The van der Waals surface area contributed by atoms with E-state index in [1.54, 1.807) is 0 Å². The molecule has 11 aromatic rings. The second-order valence-electron chi connectivity index (χ2n) is 14.2. The summed E-state index contributed by atoms with van der Waals surface area (Å²) in [5.74, 6) is 0. The Morgan fingerprint density at radius 2 is 0.927 bits per heavy atom. The highest BCUT2D eigenvalue weighted by Gasteiger charge is 2.19. The van der Waals surface area contributed by atoms with Crippen LogP contribution in [0.5, 0.6) is 0 Å². The quantitative estimate of drug-likeness (QED) is 0.166. The number of benzene rings is 9. The molecule has 0 bridgehead atoms. The molecule has 0 unspecified atom stereocenters. The predicted octanol–water partition coefficient (Wildman–Crippen LogP) is 15.1. The van der Waals surface area contributed by atoms with E-state index in [2.05, 4.69) is 216 Å². The number of aromatic nitrogens is 1. The van der Waals surface area contributed by atoms with Crippen LogP contribution in [0.1, 0.15) is 0 Å². The van der Waals surface area contributed by atoms with E-state index in [9.17, 15) is 0 Å². The van der Waals surface area contributed by atoms with Crippen LogP contribution in [0.25, 0.3) is 80.7 Å². The summed E-state index contributed by atoms with van der Waals surface area (Å²) in [5.41, 5.74) is 11.7. The van der Waals surface area contributed by atoms with E-state index in [1.807, 2.05) is 11.3 Å². The molecule has 0 amide bonds. The van der Waals surface area contributed by atoms with Crippen molar-refractivity contribution in [2.24, 2.45) is 0 Å². The molecule has 9 aromatic carbocycles. The fraction of sp³-hybridized carbons (Fsp3) is 0. The molecule has 0 aliphatic heterocycles. The summed E-state index contributed by atoms with van der Waals surface area (Å²) in [5, 5.41) is 7.62. The molecule has 0 fully saturated rings. The summed E-state index contributed by atoms with van der Waals surface area (Å²) in [6.45, 7) is 0. The Morgan fingerprint density at radius 3 is 1.71 bits per heavy atom. The third kappa shape index (κ3) is 5.32. The lowest BCUT2D eigenvalue weighted by Crippen LogP contribution is -2.09. The fourth-order valence-electron chi connectivity index (χ4n) is 8.38. The molecule has 258 valence electrons. The van der Waals surface area contributed by atoms with Crippen LogP contribution in [0.3, 0.4) is 0 Å². The maximum absolute atomic E-state index is 2.45. The smallest absolute Gasteiger partial charge is 0.0561 e. The number of thiophene rings is 1. The first-order valence-electron chi connectivity index (χ1n) is 18.8. The van der Waals surface area contributed by atoms with Crippen molar-refractivity contribution in [3.05, 3.63) is 206 Å². The molecular formula is C52H34N2S. The lowest BCUT2D eigenvalue weighted by Gasteiger charge is -2.25. The minimum Gasteiger partial charge on any atom is -0.310 e. The molecular weight excluding hydrogens is 685 g/mol. The van der Waals surface area contributed by atoms with Crippen LogP contribution in [0, 0.1) is 0 Å². The van der Waals surface area contributed by atoms with E-state index in [1.165, 1.54) is 75.0 Å². The van der Waals surface area contributed by atoms with Gasteiger partial charge in [0, 0.05) is 53.7 Å². The highest BCUT2D eigenvalue weighted by atomic mass is 32.1. The number of para-hydroxylation sites is 2. The molecule has 0 aliphatic rings. The zero-order chi connectivity index (χ0) is 36.3. The highest BCUT2D eigenvalue weighted by molar-refractivity contribution is 7.25. The van der Waals surface area contributed by atoms with Gasteiger partial charge in [0.1, 0.15) is 0 Å². The summed E-state index contributed by atoms with van der Waals surface area (Å²) in [6.07, 6.45) is 0. The monoisotopic (exact) mass is 718 g/mol. The van der Waals surface area contributed by atoms with Gasteiger partial charge >= 0.3 is 0 Å². The van der Waals surface area contributed by atoms with Crippen LogP contribution in [-0.4, -0.2) is 4.57 Å². The second-order valence-corrected chi connectivity index (χ2v) is 15.2. The highest BCUT2D eigenvalue weighted by Crippen LogP contribution is 2.42. The Kier molecular flexibility index (Phi) is 7.39. The average Bonchev–Trinajstić information content (AvgIpc) is 3.79. The third-order valence-corrected chi connectivity index (χ3v) is 12.1. The Morgan fingerprint density at radius 1 is 0.345 bits per heavy atom. The average molecular weight is 719 g/mol. The molecule has 0 atom stereocenters. The van der Waals surface area contributed by atoms with Gasteiger partial charge in [-0.05, 0) is 99.8 Å². The number of nitrogens with zero attached hydrogens (tertiary/aromatic N) is 2. The van der Waals surface area contributed by atoms with Crippen LogP contribution in [0.2, 0.25) is 0 Å². The number of anilines is 3. The largest absolute Gasteiger partial charge is 0.310 e. The number of fused-ring (bicyclic) bond motifs is 7. The van der Waals surface area contributed by atoms with E-state index >= 15 is 0 Å². The zero-order valence-electron chi connectivity index (χ0n) is 29.9. The third-order valence-electron chi connectivity index (χ3n) is 11.0. The van der Waals surface area contributed by atoms with Crippen LogP contribution in [-0.2, 0) is 0 Å². The van der Waals surface area contributed by atoms with Crippen LogP contribution in [0.15, 0.2) is 206 Å². The van der Waals surface area contributed by atoms with Gasteiger partial charge in [-0.1, -0.05) is 140 Å². The van der Waals surface area contributed by atoms with Crippen molar-refractivity contribution in [1.29, 1.82) is 0 Å². The molecule has 3 heteroatoms. The van der Waals surface area contributed by atoms with Gasteiger partial charge in [0.15, 0.2) is 0 Å². The van der Waals surface area contributed by atoms with E-state index in [-0.39, 0.29) is 0 Å². The molecule has 0 spiro atoms. The maximum atomic E-state index is 2.45. The second kappa shape index (κ2) is 12.9. The minimum atomic E-state index is 1.11. The topological polar surface area (TPSA) is 8.17 Å². The molecule has 0 aliphatic carbocycles. The SMILES string of the molecule is c1ccc(N(c2ccccc2)c2ccc3c4ccc(-c5cccc6ccccc56)cc4n(-c4ccc(-c5ccc6c(c5)sc5ccccc56)cc4)c3c2)cc1. The molecule has 0 saturated carbocycles. The normalized spacial score (nSPS) is 11.6. The molecule has 2 nitrogen and oxygen atoms in total. The summed E-state index contributed by atoms with van der Waals surface area (Å²) in [6, 6.07) is 75.2. The fourth-order valence-corrected chi connectivity index (χ4v) is 9.52. The van der Waals surface area contributed by atoms with Gasteiger partial charge in [0.05, 0.1) is 11.0 Å². The van der Waals surface area contributed by atoms with Crippen molar-refractivity contribution >= 4 is 81.1 Å². The Bertz CT molecular complexity index is 3150. The van der Waals surface area contributed by atoms with Gasteiger partial charge in [0.25, 0.3) is 0 Å². The first-order valence-corrected chi connectivity index (χ1v) is 19.6. The van der Waals surface area contributed by atoms with Crippen molar-refractivity contribution in [1.82, 2.24) is 4.57 Å². The lowest BCUT2D eigenvalue weighted by molar-refractivity contribution is 1.18. The summed E-state index contributed by atoms with van der Waals surface area (Å²) >= 11 is 1.87. The Hall–Kier alpha value is -6.94. The number of hydrogen-bond acceptors (Lipinski definition) is 2. The maximum Gasteiger partial charge on any atom is 0.0561 e. The Labute approximate surface area is 323 Å². The minimum absolute atomic E-state index is 1.11. The predicted molar refractivity (Wildman–Crippen MR) is 237 cm³/mol. The molecule has 2 heterocycles. The van der Waals surface area contributed by atoms with Gasteiger partial charge < -0.3 is 9.47 Å². The van der Waals surface area contributed by atoms with Gasteiger partial charge in [-0.3, -0.25) is 0 Å². The van der Waals surface area contributed by atoms with Crippen molar-refractivity contribution < 1.29 is 0 Å². The van der Waals surface area contributed by atoms with E-state index in [0.29, 0.717) is 0 Å². The molecule has 0 N–H and O–H groups in total. The van der Waals surface area contributed by atoms with Gasteiger partial charge in [-0.25, -0.2) is 0 Å². The van der Waals surface area contributed by atoms with Crippen molar-refractivity contribution in [3.63, 3.8) is 0 Å². The standard InChI is InChI=1S/C52H34N2S/c1-3-14-39(15-4-1)53(40-16-5-2-6-17-40)42-28-31-46-45-29-25-38(44-20-11-13-36-12-7-8-18-43(36)44)32-49(45)54(50(46)34-42)41-26-22-35(23-27-41)37-24-30-48-47-19-9-10-21-51(47)55-52(48)33-37/h1-34H. The lowest BCUT2D eigenvalue weighted by atomic mass is 9.97. The molecule has 55 heavy (non-hydrogen) atoms. The van der Waals surface area contributed by atoms with E-state index in [0.717, 1.165) is 22.7 Å².